The third-order valence-electron chi connectivity index (χ3n) is 5.66. The number of hydrogen-bond donors (Lipinski definition) is 2. The molecule has 0 aliphatic heterocycles. The molecule has 4 rings (SSSR count). The Balaban J connectivity index is 1.57. The van der Waals surface area contributed by atoms with Gasteiger partial charge in [-0.3, -0.25) is 9.78 Å². The Hall–Kier alpha value is -3.26. The molecule has 7 nitrogen and oxygen atoms in total. The summed E-state index contributed by atoms with van der Waals surface area (Å²) in [5.74, 6) is -0.187. The fraction of sp³-hybridized carbons (Fsp3) is 0.261. The number of nitrogen functional groups attached to an aromatic ring is 1. The maximum Gasteiger partial charge on any atom is 0.281 e. The van der Waals surface area contributed by atoms with Gasteiger partial charge in [0.2, 0.25) is 0 Å². The van der Waals surface area contributed by atoms with Gasteiger partial charge < -0.3 is 5.73 Å². The van der Waals surface area contributed by atoms with Crippen LogP contribution in [0.5, 0.6) is 0 Å². The SMILES string of the molecule is Nc1cccc(S(=O)(=O)NC(=O)c2cccnc2C2CCCC(c3ccccc3)C2)n1. The van der Waals surface area contributed by atoms with Crippen molar-refractivity contribution in [2.45, 2.75) is 42.5 Å². The molecule has 8 heteroatoms. The third kappa shape index (κ3) is 4.74. The Bertz CT molecular complexity index is 1180. The fourth-order valence-corrected chi connectivity index (χ4v) is 5.15. The monoisotopic (exact) mass is 436 g/mol. The number of carbonyl (C=O) groups excluding carboxylic acids is 1. The summed E-state index contributed by atoms with van der Waals surface area (Å²) in [5, 5.41) is -0.298. The molecule has 31 heavy (non-hydrogen) atoms. The van der Waals surface area contributed by atoms with Crippen LogP contribution in [0.25, 0.3) is 0 Å². The number of carbonyl (C=O) groups is 1. The summed E-state index contributed by atoms with van der Waals surface area (Å²) in [5.41, 5.74) is 7.77. The van der Waals surface area contributed by atoms with E-state index in [1.807, 2.05) is 18.2 Å². The number of hydrogen-bond acceptors (Lipinski definition) is 6. The van der Waals surface area contributed by atoms with Gasteiger partial charge in [0, 0.05) is 12.1 Å². The van der Waals surface area contributed by atoms with E-state index in [0.29, 0.717) is 11.6 Å². The van der Waals surface area contributed by atoms with Crippen LogP contribution in [-0.2, 0) is 10.0 Å². The van der Waals surface area contributed by atoms with Crippen molar-refractivity contribution in [1.29, 1.82) is 0 Å². The number of anilines is 1. The zero-order chi connectivity index (χ0) is 21.8. The third-order valence-corrected chi connectivity index (χ3v) is 6.89. The van der Waals surface area contributed by atoms with E-state index < -0.39 is 15.9 Å². The smallest absolute Gasteiger partial charge is 0.281 e. The van der Waals surface area contributed by atoms with E-state index in [1.165, 1.54) is 23.8 Å². The van der Waals surface area contributed by atoms with Crippen molar-refractivity contribution in [1.82, 2.24) is 14.7 Å². The van der Waals surface area contributed by atoms with E-state index in [2.05, 4.69) is 26.8 Å². The van der Waals surface area contributed by atoms with E-state index in [1.54, 1.807) is 18.3 Å². The number of nitrogens with one attached hydrogen (secondary N) is 1. The molecule has 1 amide bonds. The summed E-state index contributed by atoms with van der Waals surface area (Å²) in [7, 11) is -4.15. The number of benzene rings is 1. The first kappa shape index (κ1) is 21.0. The van der Waals surface area contributed by atoms with Crippen LogP contribution >= 0.6 is 0 Å². The van der Waals surface area contributed by atoms with Crippen LogP contribution < -0.4 is 10.5 Å². The summed E-state index contributed by atoms with van der Waals surface area (Å²) in [6.07, 6.45) is 5.53. The molecule has 3 aromatic rings. The van der Waals surface area contributed by atoms with Crippen molar-refractivity contribution in [2.75, 3.05) is 5.73 Å². The number of nitrogens with two attached hydrogens (primary N) is 1. The molecule has 2 atom stereocenters. The van der Waals surface area contributed by atoms with Crippen LogP contribution in [0.3, 0.4) is 0 Å². The van der Waals surface area contributed by atoms with Gasteiger partial charge in [-0.1, -0.05) is 42.8 Å². The quantitative estimate of drug-likeness (QED) is 0.631. The molecule has 2 aromatic heterocycles. The average Bonchev–Trinajstić information content (AvgIpc) is 2.79. The minimum absolute atomic E-state index is 0.0616. The number of pyridine rings is 2. The van der Waals surface area contributed by atoms with Gasteiger partial charge in [0.1, 0.15) is 5.82 Å². The van der Waals surface area contributed by atoms with Crippen molar-refractivity contribution < 1.29 is 13.2 Å². The number of aromatic nitrogens is 2. The highest BCUT2D eigenvalue weighted by Crippen LogP contribution is 2.41. The first-order valence-corrected chi connectivity index (χ1v) is 11.7. The molecule has 2 unspecified atom stereocenters. The Morgan fingerprint density at radius 1 is 0.968 bits per heavy atom. The molecule has 1 aromatic carbocycles. The van der Waals surface area contributed by atoms with Gasteiger partial charge in [0.05, 0.1) is 11.3 Å². The molecule has 0 radical (unpaired) electrons. The summed E-state index contributed by atoms with van der Waals surface area (Å²) in [6, 6.07) is 17.8. The summed E-state index contributed by atoms with van der Waals surface area (Å²) in [4.78, 5) is 21.2. The Kier molecular flexibility index (Phi) is 5.99. The fourth-order valence-electron chi connectivity index (χ4n) is 4.21. The molecule has 2 heterocycles. The van der Waals surface area contributed by atoms with Crippen molar-refractivity contribution in [2.24, 2.45) is 0 Å². The van der Waals surface area contributed by atoms with Gasteiger partial charge >= 0.3 is 0 Å². The molecular weight excluding hydrogens is 412 g/mol. The zero-order valence-electron chi connectivity index (χ0n) is 16.9. The first-order valence-electron chi connectivity index (χ1n) is 10.2. The number of sulfonamides is 1. The van der Waals surface area contributed by atoms with Crippen LogP contribution in [0, 0.1) is 0 Å². The second-order valence-corrected chi connectivity index (χ2v) is 9.37. The van der Waals surface area contributed by atoms with E-state index in [0.717, 1.165) is 25.7 Å². The standard InChI is InChI=1S/C23H24N4O3S/c24-20-12-5-13-21(26-20)31(29,30)27-23(28)19-11-6-14-25-22(19)18-10-4-9-17(15-18)16-7-2-1-3-8-16/h1-3,5-8,11-14,17-18H,4,9-10,15H2,(H2,24,26)(H,27,28). The highest BCUT2D eigenvalue weighted by atomic mass is 32.2. The van der Waals surface area contributed by atoms with Crippen molar-refractivity contribution in [3.63, 3.8) is 0 Å². The Morgan fingerprint density at radius 2 is 1.74 bits per heavy atom. The van der Waals surface area contributed by atoms with Gasteiger partial charge in [-0.25, -0.2) is 9.71 Å². The topological polar surface area (TPSA) is 115 Å². The van der Waals surface area contributed by atoms with Crippen molar-refractivity contribution in [3.8, 4) is 0 Å². The predicted octanol–water partition coefficient (Wildman–Crippen LogP) is 3.62. The van der Waals surface area contributed by atoms with Crippen molar-refractivity contribution in [3.05, 3.63) is 83.7 Å². The van der Waals surface area contributed by atoms with E-state index in [9.17, 15) is 13.2 Å². The number of amides is 1. The highest BCUT2D eigenvalue weighted by molar-refractivity contribution is 7.90. The van der Waals surface area contributed by atoms with Gasteiger partial charge in [-0.05, 0) is 55.0 Å². The second-order valence-electron chi connectivity index (χ2n) is 7.74. The van der Waals surface area contributed by atoms with Crippen LogP contribution in [0.15, 0.2) is 71.9 Å². The van der Waals surface area contributed by atoms with Crippen molar-refractivity contribution >= 4 is 21.7 Å². The average molecular weight is 437 g/mol. The molecule has 3 N–H and O–H groups in total. The maximum absolute atomic E-state index is 12.9. The molecule has 1 fully saturated rings. The minimum Gasteiger partial charge on any atom is -0.384 e. The molecule has 0 bridgehead atoms. The summed E-state index contributed by atoms with van der Waals surface area (Å²) >= 11 is 0. The minimum atomic E-state index is -4.15. The van der Waals surface area contributed by atoms with Gasteiger partial charge in [-0.15, -0.1) is 0 Å². The van der Waals surface area contributed by atoms with E-state index >= 15 is 0 Å². The molecule has 1 aliphatic carbocycles. The van der Waals surface area contributed by atoms with Gasteiger partial charge in [0.15, 0.2) is 5.03 Å². The summed E-state index contributed by atoms with van der Waals surface area (Å²) < 4.78 is 27.4. The van der Waals surface area contributed by atoms with Crippen LogP contribution in [0.1, 0.15) is 59.1 Å². The largest absolute Gasteiger partial charge is 0.384 e. The predicted molar refractivity (Wildman–Crippen MR) is 118 cm³/mol. The highest BCUT2D eigenvalue weighted by Gasteiger charge is 2.29. The lowest BCUT2D eigenvalue weighted by Crippen LogP contribution is -2.32. The number of nitrogens with zero attached hydrogens (tertiary/aromatic N) is 2. The maximum atomic E-state index is 12.9. The normalized spacial score (nSPS) is 19.0. The summed E-state index contributed by atoms with van der Waals surface area (Å²) in [6.45, 7) is 0. The molecule has 1 aliphatic rings. The number of rotatable bonds is 5. The van der Waals surface area contributed by atoms with E-state index in [-0.39, 0.29) is 22.3 Å². The van der Waals surface area contributed by atoms with Crippen LogP contribution in [0.4, 0.5) is 5.82 Å². The molecular formula is C23H24N4O3S. The first-order chi connectivity index (χ1) is 14.9. The molecule has 0 spiro atoms. The van der Waals surface area contributed by atoms with Gasteiger partial charge in [-0.2, -0.15) is 8.42 Å². The Morgan fingerprint density at radius 3 is 2.52 bits per heavy atom. The van der Waals surface area contributed by atoms with Crippen LogP contribution in [0.2, 0.25) is 0 Å². The van der Waals surface area contributed by atoms with Gasteiger partial charge in [0.25, 0.3) is 15.9 Å². The Labute approximate surface area is 181 Å². The lowest BCUT2D eigenvalue weighted by Gasteiger charge is -2.30. The molecule has 0 saturated heterocycles. The second kappa shape index (κ2) is 8.85. The molecule has 1 saturated carbocycles. The van der Waals surface area contributed by atoms with E-state index in [4.69, 9.17) is 5.73 Å². The lowest BCUT2D eigenvalue weighted by molar-refractivity contribution is 0.0979. The zero-order valence-corrected chi connectivity index (χ0v) is 17.8. The molecule has 160 valence electrons. The lowest BCUT2D eigenvalue weighted by atomic mass is 9.76. The van der Waals surface area contributed by atoms with Crippen LogP contribution in [-0.4, -0.2) is 24.3 Å².